The maximum Gasteiger partial charge on any atom is 0.122 e. The van der Waals surface area contributed by atoms with Crippen LogP contribution in [0, 0.1) is 0 Å². The Bertz CT molecular complexity index is 465. The quantitative estimate of drug-likeness (QED) is 0.788. The Morgan fingerprint density at radius 1 is 1.38 bits per heavy atom. The second-order valence-corrected chi connectivity index (χ2v) is 3.47. The lowest BCUT2D eigenvalue weighted by Crippen LogP contribution is -1.96. The molecule has 0 saturated heterocycles. The van der Waals surface area contributed by atoms with Gasteiger partial charge in [-0.2, -0.15) is 5.10 Å². The molecule has 0 bridgehead atoms. The monoisotopic (exact) mass is 216 g/mol. The van der Waals surface area contributed by atoms with Crippen molar-refractivity contribution in [2.24, 2.45) is 0 Å². The van der Waals surface area contributed by atoms with Crippen molar-refractivity contribution in [2.45, 2.75) is 12.5 Å². The predicted octanol–water partition coefficient (Wildman–Crippen LogP) is 1.49. The van der Waals surface area contributed by atoms with E-state index in [0.717, 1.165) is 5.69 Å². The Morgan fingerprint density at radius 3 is 2.81 bits per heavy atom. The van der Waals surface area contributed by atoms with E-state index >= 15 is 0 Å². The Labute approximate surface area is 93.1 Å². The minimum atomic E-state index is -0.769. The number of aldehydes is 1. The van der Waals surface area contributed by atoms with Gasteiger partial charge in [-0.3, -0.25) is 0 Å². The zero-order valence-electron chi connectivity index (χ0n) is 8.65. The van der Waals surface area contributed by atoms with Crippen LogP contribution in [0.5, 0.6) is 0 Å². The number of aliphatic hydroxyl groups is 1. The largest absolute Gasteiger partial charge is 0.388 e. The van der Waals surface area contributed by atoms with Crippen molar-refractivity contribution in [1.29, 1.82) is 0 Å². The molecular formula is C12H12N2O2. The molecule has 0 spiro atoms. The highest BCUT2D eigenvalue weighted by atomic mass is 16.3. The van der Waals surface area contributed by atoms with E-state index in [1.165, 1.54) is 0 Å². The summed E-state index contributed by atoms with van der Waals surface area (Å²) < 4.78 is 1.67. The number of nitrogens with zero attached hydrogens (tertiary/aromatic N) is 2. The van der Waals surface area contributed by atoms with E-state index in [-0.39, 0.29) is 6.42 Å². The molecule has 1 aromatic heterocycles. The highest BCUT2D eigenvalue weighted by Gasteiger charge is 2.09. The van der Waals surface area contributed by atoms with E-state index in [1.807, 2.05) is 30.3 Å². The number of para-hydroxylation sites is 1. The number of carbonyl (C=O) groups excluding carboxylic acids is 1. The summed E-state index contributed by atoms with van der Waals surface area (Å²) in [7, 11) is 0. The lowest BCUT2D eigenvalue weighted by molar-refractivity contribution is -0.109. The standard InChI is InChI=1S/C12H12N2O2/c15-7-6-12(16)10-8-13-14(9-10)11-4-2-1-3-5-11/h1-5,7-9,12,16H,6H2. The molecule has 0 fully saturated rings. The SMILES string of the molecule is O=CCC(O)c1cnn(-c2ccccc2)c1. The topological polar surface area (TPSA) is 55.1 Å². The third-order valence-electron chi connectivity index (χ3n) is 2.33. The van der Waals surface area contributed by atoms with Crippen molar-refractivity contribution < 1.29 is 9.90 Å². The zero-order chi connectivity index (χ0) is 11.4. The number of aromatic nitrogens is 2. The van der Waals surface area contributed by atoms with Crippen LogP contribution in [0.25, 0.3) is 5.69 Å². The fourth-order valence-electron chi connectivity index (χ4n) is 1.46. The van der Waals surface area contributed by atoms with Gasteiger partial charge in [0.25, 0.3) is 0 Å². The summed E-state index contributed by atoms with van der Waals surface area (Å²) in [5, 5.41) is 13.7. The van der Waals surface area contributed by atoms with Crippen molar-refractivity contribution >= 4 is 6.29 Å². The van der Waals surface area contributed by atoms with Crippen molar-refractivity contribution in [1.82, 2.24) is 9.78 Å². The van der Waals surface area contributed by atoms with Gasteiger partial charge in [0.2, 0.25) is 0 Å². The molecule has 0 saturated carbocycles. The molecule has 1 atom stereocenters. The molecule has 2 aromatic rings. The van der Waals surface area contributed by atoms with Gasteiger partial charge >= 0.3 is 0 Å². The molecule has 2 rings (SSSR count). The van der Waals surface area contributed by atoms with Gasteiger partial charge in [-0.1, -0.05) is 18.2 Å². The fourth-order valence-corrected chi connectivity index (χ4v) is 1.46. The predicted molar refractivity (Wildman–Crippen MR) is 59.2 cm³/mol. The molecule has 1 unspecified atom stereocenters. The van der Waals surface area contributed by atoms with Gasteiger partial charge in [0.15, 0.2) is 0 Å². The van der Waals surface area contributed by atoms with Crippen LogP contribution in [-0.4, -0.2) is 21.2 Å². The maximum atomic E-state index is 10.3. The van der Waals surface area contributed by atoms with Gasteiger partial charge in [-0.05, 0) is 12.1 Å². The summed E-state index contributed by atoms with van der Waals surface area (Å²) in [5.41, 5.74) is 1.57. The first-order valence-corrected chi connectivity index (χ1v) is 5.03. The van der Waals surface area contributed by atoms with Crippen LogP contribution in [0.4, 0.5) is 0 Å². The maximum absolute atomic E-state index is 10.3. The van der Waals surface area contributed by atoms with Crippen molar-refractivity contribution in [3.05, 3.63) is 48.3 Å². The van der Waals surface area contributed by atoms with Crippen molar-refractivity contribution in [3.8, 4) is 5.69 Å². The molecule has 82 valence electrons. The van der Waals surface area contributed by atoms with Crippen LogP contribution in [-0.2, 0) is 4.79 Å². The van der Waals surface area contributed by atoms with Gasteiger partial charge in [0.05, 0.1) is 18.0 Å². The summed E-state index contributed by atoms with van der Waals surface area (Å²) in [6.45, 7) is 0. The summed E-state index contributed by atoms with van der Waals surface area (Å²) in [5.74, 6) is 0. The van der Waals surface area contributed by atoms with Gasteiger partial charge < -0.3 is 9.90 Å². The number of aliphatic hydroxyl groups excluding tert-OH is 1. The number of benzene rings is 1. The van der Waals surface area contributed by atoms with Gasteiger partial charge in [-0.15, -0.1) is 0 Å². The number of hydrogen-bond donors (Lipinski definition) is 1. The molecule has 16 heavy (non-hydrogen) atoms. The second-order valence-electron chi connectivity index (χ2n) is 3.47. The van der Waals surface area contributed by atoms with E-state index < -0.39 is 6.10 Å². The van der Waals surface area contributed by atoms with E-state index in [4.69, 9.17) is 0 Å². The first-order valence-electron chi connectivity index (χ1n) is 5.03. The molecule has 0 radical (unpaired) electrons. The smallest absolute Gasteiger partial charge is 0.122 e. The van der Waals surface area contributed by atoms with Crippen molar-refractivity contribution in [3.63, 3.8) is 0 Å². The summed E-state index contributed by atoms with van der Waals surface area (Å²) >= 11 is 0. The molecule has 1 heterocycles. The molecule has 1 N–H and O–H groups in total. The lowest BCUT2D eigenvalue weighted by Gasteiger charge is -2.02. The third-order valence-corrected chi connectivity index (χ3v) is 2.33. The van der Waals surface area contributed by atoms with Crippen LogP contribution in [0.1, 0.15) is 18.1 Å². The highest BCUT2D eigenvalue weighted by molar-refractivity contribution is 5.50. The molecule has 0 aliphatic rings. The number of rotatable bonds is 4. The lowest BCUT2D eigenvalue weighted by atomic mass is 10.1. The molecule has 0 aliphatic heterocycles. The molecule has 4 nitrogen and oxygen atoms in total. The van der Waals surface area contributed by atoms with E-state index in [9.17, 15) is 9.90 Å². The van der Waals surface area contributed by atoms with Gasteiger partial charge in [-0.25, -0.2) is 4.68 Å². The Kier molecular flexibility index (Phi) is 3.12. The summed E-state index contributed by atoms with van der Waals surface area (Å²) in [6, 6.07) is 9.60. The number of carbonyl (C=O) groups is 1. The Hall–Kier alpha value is -1.94. The zero-order valence-corrected chi connectivity index (χ0v) is 8.65. The molecule has 1 aromatic carbocycles. The minimum absolute atomic E-state index is 0.0977. The van der Waals surface area contributed by atoms with Gasteiger partial charge in [0.1, 0.15) is 6.29 Å². The Balaban J connectivity index is 2.23. The minimum Gasteiger partial charge on any atom is -0.388 e. The fraction of sp³-hybridized carbons (Fsp3) is 0.167. The average molecular weight is 216 g/mol. The van der Waals surface area contributed by atoms with Crippen LogP contribution in [0.2, 0.25) is 0 Å². The normalized spacial score (nSPS) is 12.3. The van der Waals surface area contributed by atoms with Crippen molar-refractivity contribution in [2.75, 3.05) is 0 Å². The van der Waals surface area contributed by atoms with Crippen LogP contribution >= 0.6 is 0 Å². The first kappa shape index (κ1) is 10.6. The molecular weight excluding hydrogens is 204 g/mol. The molecule has 0 aliphatic carbocycles. The van der Waals surface area contributed by atoms with E-state index in [1.54, 1.807) is 17.1 Å². The summed E-state index contributed by atoms with van der Waals surface area (Å²) in [6.07, 6.45) is 3.32. The number of hydrogen-bond acceptors (Lipinski definition) is 3. The molecule has 4 heteroatoms. The summed E-state index contributed by atoms with van der Waals surface area (Å²) in [4.78, 5) is 10.3. The van der Waals surface area contributed by atoms with Crippen LogP contribution < -0.4 is 0 Å². The van der Waals surface area contributed by atoms with E-state index in [2.05, 4.69) is 5.10 Å². The molecule has 0 amide bonds. The average Bonchev–Trinajstić information content (AvgIpc) is 2.80. The third kappa shape index (κ3) is 2.17. The van der Waals surface area contributed by atoms with E-state index in [0.29, 0.717) is 11.8 Å². The van der Waals surface area contributed by atoms with Crippen LogP contribution in [0.15, 0.2) is 42.7 Å². The highest BCUT2D eigenvalue weighted by Crippen LogP contribution is 2.16. The Morgan fingerprint density at radius 2 is 2.12 bits per heavy atom. The second kappa shape index (κ2) is 4.72. The van der Waals surface area contributed by atoms with Gasteiger partial charge in [0, 0.05) is 18.2 Å². The van der Waals surface area contributed by atoms with Crippen LogP contribution in [0.3, 0.4) is 0 Å². The first-order chi connectivity index (χ1) is 7.81.